The van der Waals surface area contributed by atoms with Gasteiger partial charge in [0.1, 0.15) is 5.75 Å². The van der Waals surface area contributed by atoms with Crippen LogP contribution < -0.4 is 10.5 Å². The van der Waals surface area contributed by atoms with E-state index in [-0.39, 0.29) is 0 Å². The molecule has 0 saturated carbocycles. The summed E-state index contributed by atoms with van der Waals surface area (Å²) < 4.78 is 7.85. The Labute approximate surface area is 158 Å². The quantitative estimate of drug-likeness (QED) is 0.574. The third-order valence-electron chi connectivity index (χ3n) is 4.75. The number of aryl methyl sites for hydroxylation is 1. The van der Waals surface area contributed by atoms with Gasteiger partial charge in [-0.2, -0.15) is 0 Å². The lowest BCUT2D eigenvalue weighted by Gasteiger charge is -2.10. The van der Waals surface area contributed by atoms with Gasteiger partial charge in [0, 0.05) is 22.9 Å². The molecule has 4 rings (SSSR count). The third-order valence-corrected chi connectivity index (χ3v) is 4.75. The Morgan fingerprint density at radius 2 is 1.96 bits per heavy atom. The summed E-state index contributed by atoms with van der Waals surface area (Å²) in [6, 6.07) is 21.2. The molecule has 1 aromatic heterocycles. The normalized spacial score (nSPS) is 11.2. The average molecular weight is 357 g/mol. The van der Waals surface area contributed by atoms with Crippen LogP contribution in [-0.2, 0) is 6.54 Å². The van der Waals surface area contributed by atoms with Crippen molar-refractivity contribution in [2.24, 2.45) is 5.73 Å². The SMILES string of the molecule is CCOc1cccc(Cn2c3cc(C)c[c]c3c3c(C(N)=O)cccc32)c1. The molecular formula is C23H21N2O2. The highest BCUT2D eigenvalue weighted by molar-refractivity contribution is 6.17. The van der Waals surface area contributed by atoms with E-state index in [1.807, 2.05) is 44.2 Å². The van der Waals surface area contributed by atoms with Crippen molar-refractivity contribution >= 4 is 27.7 Å². The molecule has 1 radical (unpaired) electrons. The molecule has 0 atom stereocenters. The fourth-order valence-corrected chi connectivity index (χ4v) is 3.62. The summed E-state index contributed by atoms with van der Waals surface area (Å²) >= 11 is 0. The zero-order chi connectivity index (χ0) is 19.0. The molecule has 2 N–H and O–H groups in total. The van der Waals surface area contributed by atoms with Crippen LogP contribution in [0, 0.1) is 13.0 Å². The second-order valence-electron chi connectivity index (χ2n) is 6.67. The van der Waals surface area contributed by atoms with E-state index in [1.54, 1.807) is 6.07 Å². The van der Waals surface area contributed by atoms with Crippen LogP contribution >= 0.6 is 0 Å². The summed E-state index contributed by atoms with van der Waals surface area (Å²) in [5, 5.41) is 1.78. The third kappa shape index (κ3) is 3.04. The van der Waals surface area contributed by atoms with Gasteiger partial charge in [-0.1, -0.05) is 24.3 Å². The molecule has 0 fully saturated rings. The number of hydrogen-bond acceptors (Lipinski definition) is 2. The van der Waals surface area contributed by atoms with E-state index in [1.165, 1.54) is 0 Å². The Bertz CT molecular complexity index is 1160. The fourth-order valence-electron chi connectivity index (χ4n) is 3.62. The number of primary amides is 1. The number of benzene rings is 3. The number of rotatable bonds is 5. The molecule has 0 aliphatic heterocycles. The highest BCUT2D eigenvalue weighted by Gasteiger charge is 2.16. The van der Waals surface area contributed by atoms with Gasteiger partial charge >= 0.3 is 0 Å². The van der Waals surface area contributed by atoms with Crippen LogP contribution in [-0.4, -0.2) is 17.1 Å². The van der Waals surface area contributed by atoms with Crippen molar-refractivity contribution in [3.63, 3.8) is 0 Å². The number of nitrogens with two attached hydrogens (primary N) is 1. The maximum atomic E-state index is 12.0. The van der Waals surface area contributed by atoms with Gasteiger partial charge in [0.25, 0.3) is 0 Å². The van der Waals surface area contributed by atoms with Gasteiger partial charge in [0.15, 0.2) is 0 Å². The summed E-state index contributed by atoms with van der Waals surface area (Å²) in [6.07, 6.45) is 0. The topological polar surface area (TPSA) is 57.2 Å². The maximum absolute atomic E-state index is 12.0. The Kier molecular flexibility index (Phi) is 4.32. The van der Waals surface area contributed by atoms with Gasteiger partial charge in [0.2, 0.25) is 5.91 Å². The van der Waals surface area contributed by atoms with Crippen LogP contribution in [0.2, 0.25) is 0 Å². The van der Waals surface area contributed by atoms with E-state index in [0.29, 0.717) is 18.7 Å². The van der Waals surface area contributed by atoms with Gasteiger partial charge in [-0.05, 0) is 61.4 Å². The minimum atomic E-state index is -0.424. The van der Waals surface area contributed by atoms with Crippen molar-refractivity contribution in [2.45, 2.75) is 20.4 Å². The first kappa shape index (κ1) is 17.2. The molecule has 0 spiro atoms. The second-order valence-corrected chi connectivity index (χ2v) is 6.67. The first-order valence-corrected chi connectivity index (χ1v) is 9.03. The predicted octanol–water partition coefficient (Wildman–Crippen LogP) is 4.45. The number of nitrogens with zero attached hydrogens (tertiary/aromatic N) is 1. The van der Waals surface area contributed by atoms with E-state index in [0.717, 1.165) is 38.7 Å². The van der Waals surface area contributed by atoms with Crippen molar-refractivity contribution in [3.05, 3.63) is 77.4 Å². The van der Waals surface area contributed by atoms with Crippen LogP contribution in [0.25, 0.3) is 21.8 Å². The lowest BCUT2D eigenvalue weighted by atomic mass is 10.1. The van der Waals surface area contributed by atoms with Crippen LogP contribution in [0.3, 0.4) is 0 Å². The molecule has 0 saturated heterocycles. The van der Waals surface area contributed by atoms with E-state index >= 15 is 0 Å². The Morgan fingerprint density at radius 1 is 1.15 bits per heavy atom. The molecule has 135 valence electrons. The molecule has 4 heteroatoms. The van der Waals surface area contributed by atoms with Crippen molar-refractivity contribution in [1.29, 1.82) is 0 Å². The number of carbonyl (C=O) groups excluding carboxylic acids is 1. The zero-order valence-corrected chi connectivity index (χ0v) is 15.5. The predicted molar refractivity (Wildman–Crippen MR) is 108 cm³/mol. The van der Waals surface area contributed by atoms with Crippen LogP contribution in [0.4, 0.5) is 0 Å². The van der Waals surface area contributed by atoms with Gasteiger partial charge in [-0.3, -0.25) is 4.79 Å². The second kappa shape index (κ2) is 6.80. The van der Waals surface area contributed by atoms with Crippen molar-refractivity contribution in [1.82, 2.24) is 4.57 Å². The van der Waals surface area contributed by atoms with Gasteiger partial charge in [-0.15, -0.1) is 0 Å². The monoisotopic (exact) mass is 357 g/mol. The molecule has 4 aromatic rings. The van der Waals surface area contributed by atoms with E-state index < -0.39 is 5.91 Å². The summed E-state index contributed by atoms with van der Waals surface area (Å²) in [4.78, 5) is 12.0. The minimum absolute atomic E-state index is 0.424. The molecule has 27 heavy (non-hydrogen) atoms. The molecule has 0 aliphatic rings. The number of hydrogen-bond donors (Lipinski definition) is 1. The van der Waals surface area contributed by atoms with Crippen LogP contribution in [0.1, 0.15) is 28.4 Å². The standard InChI is InChI=1S/C23H21N2O2/c1-3-27-17-7-4-6-16(13-17)14-25-20-9-5-8-19(23(24)26)22(20)18-11-10-15(2)12-21(18)25/h4-10,12-13H,3,14H2,1-2H3,(H2,24,26). The average Bonchev–Trinajstić information content (AvgIpc) is 2.95. The molecule has 1 heterocycles. The summed E-state index contributed by atoms with van der Waals surface area (Å²) in [6.45, 7) is 5.32. The highest BCUT2D eigenvalue weighted by atomic mass is 16.5. The number of ether oxygens (including phenoxy) is 1. The molecule has 1 amide bonds. The number of aromatic nitrogens is 1. The molecule has 3 aromatic carbocycles. The number of amides is 1. The van der Waals surface area contributed by atoms with Crippen LogP contribution in [0.5, 0.6) is 5.75 Å². The van der Waals surface area contributed by atoms with E-state index in [9.17, 15) is 4.79 Å². The first-order valence-electron chi connectivity index (χ1n) is 9.03. The smallest absolute Gasteiger partial charge is 0.249 e. The van der Waals surface area contributed by atoms with E-state index in [2.05, 4.69) is 28.8 Å². The Morgan fingerprint density at radius 3 is 2.74 bits per heavy atom. The Hall–Kier alpha value is -3.27. The summed E-state index contributed by atoms with van der Waals surface area (Å²) in [5.41, 5.74) is 10.4. The van der Waals surface area contributed by atoms with E-state index in [4.69, 9.17) is 10.5 Å². The zero-order valence-electron chi connectivity index (χ0n) is 15.5. The van der Waals surface area contributed by atoms with Crippen molar-refractivity contribution < 1.29 is 9.53 Å². The largest absolute Gasteiger partial charge is 0.494 e. The number of carbonyl (C=O) groups is 1. The minimum Gasteiger partial charge on any atom is -0.494 e. The van der Waals surface area contributed by atoms with Gasteiger partial charge in [-0.25, -0.2) is 0 Å². The molecule has 0 aliphatic carbocycles. The molecular weight excluding hydrogens is 336 g/mol. The summed E-state index contributed by atoms with van der Waals surface area (Å²) in [5.74, 6) is 0.434. The number of fused-ring (bicyclic) bond motifs is 3. The molecule has 0 unspecified atom stereocenters. The fraction of sp³-hybridized carbons (Fsp3) is 0.174. The maximum Gasteiger partial charge on any atom is 0.249 e. The lowest BCUT2D eigenvalue weighted by molar-refractivity contribution is 0.100. The Balaban J connectivity index is 1.96. The summed E-state index contributed by atoms with van der Waals surface area (Å²) in [7, 11) is 0. The van der Waals surface area contributed by atoms with Gasteiger partial charge in [0.05, 0.1) is 17.6 Å². The lowest BCUT2D eigenvalue weighted by Crippen LogP contribution is -2.11. The van der Waals surface area contributed by atoms with Gasteiger partial charge < -0.3 is 15.0 Å². The first-order chi connectivity index (χ1) is 13.1. The van der Waals surface area contributed by atoms with Crippen molar-refractivity contribution in [3.8, 4) is 5.75 Å². The van der Waals surface area contributed by atoms with Crippen LogP contribution in [0.15, 0.2) is 54.6 Å². The highest BCUT2D eigenvalue weighted by Crippen LogP contribution is 2.32. The molecule has 0 bridgehead atoms. The van der Waals surface area contributed by atoms with Crippen molar-refractivity contribution in [2.75, 3.05) is 6.61 Å². The molecule has 4 nitrogen and oxygen atoms in total.